The average molecular weight is 249 g/mol. The summed E-state index contributed by atoms with van der Waals surface area (Å²) in [4.78, 5) is 15.1. The normalized spacial score (nSPS) is 14.8. The van der Waals surface area contributed by atoms with Crippen LogP contribution >= 0.6 is 0 Å². The Kier molecular flexibility index (Phi) is 4.30. The molecule has 1 aromatic carbocycles. The summed E-state index contributed by atoms with van der Waals surface area (Å²) in [6, 6.07) is 7.08. The Bertz CT molecular complexity index is 440. The number of nitrogens with one attached hydrogen (secondary N) is 2. The van der Waals surface area contributed by atoms with Gasteiger partial charge in [0.15, 0.2) is 0 Å². The highest BCUT2D eigenvalue weighted by atomic mass is 16.5. The van der Waals surface area contributed by atoms with Crippen molar-refractivity contribution in [2.75, 3.05) is 33.4 Å². The van der Waals surface area contributed by atoms with E-state index in [1.165, 1.54) is 0 Å². The van der Waals surface area contributed by atoms with Crippen molar-refractivity contribution in [1.82, 2.24) is 5.32 Å². The number of Topliss-reactive ketones (excluding diaryl/α,β-unsaturated/α-hetero) is 1. The van der Waals surface area contributed by atoms with Crippen LogP contribution in [-0.2, 0) is 4.74 Å². The minimum absolute atomic E-state index is 0.0394. The average Bonchev–Trinajstić information content (AvgIpc) is 2.46. The van der Waals surface area contributed by atoms with Crippen LogP contribution in [0.2, 0.25) is 0 Å². The summed E-state index contributed by atoms with van der Waals surface area (Å²) >= 11 is 0. The topological polar surface area (TPSA) is 61.5 Å². The summed E-state index contributed by atoms with van der Waals surface area (Å²) in [7, 11) is 1.60. The van der Waals surface area contributed by atoms with Gasteiger partial charge in [-0.2, -0.15) is 0 Å². The van der Waals surface area contributed by atoms with Crippen LogP contribution in [0.4, 0.5) is 0 Å². The smallest absolute Gasteiger partial charge is 0.269 e. The van der Waals surface area contributed by atoms with Crippen molar-refractivity contribution in [2.45, 2.75) is 0 Å². The lowest BCUT2D eigenvalue weighted by atomic mass is 10.1. The number of hydrogen-bond acceptors (Lipinski definition) is 4. The zero-order valence-corrected chi connectivity index (χ0v) is 10.4. The van der Waals surface area contributed by atoms with Crippen LogP contribution in [0, 0.1) is 0 Å². The highest BCUT2D eigenvalue weighted by molar-refractivity contribution is 5.99. The van der Waals surface area contributed by atoms with Crippen molar-refractivity contribution in [3.63, 3.8) is 0 Å². The van der Waals surface area contributed by atoms with Gasteiger partial charge in [0.25, 0.3) is 5.84 Å². The maximum atomic E-state index is 11.9. The highest BCUT2D eigenvalue weighted by Crippen LogP contribution is 2.11. The van der Waals surface area contributed by atoms with E-state index in [0.29, 0.717) is 18.8 Å². The molecule has 0 fully saturated rings. The summed E-state index contributed by atoms with van der Waals surface area (Å²) in [6.45, 7) is 2.25. The van der Waals surface area contributed by atoms with Crippen molar-refractivity contribution in [2.24, 2.45) is 0 Å². The van der Waals surface area contributed by atoms with E-state index in [2.05, 4.69) is 10.3 Å². The Balaban J connectivity index is 1.88. The van der Waals surface area contributed by atoms with Crippen molar-refractivity contribution >= 4 is 11.6 Å². The molecule has 0 atom stereocenters. The van der Waals surface area contributed by atoms with Crippen LogP contribution in [0.25, 0.3) is 0 Å². The molecule has 1 heterocycles. The third-order valence-electron chi connectivity index (χ3n) is 2.71. The molecular formula is C13H17N2O3+. The van der Waals surface area contributed by atoms with Crippen LogP contribution in [0.3, 0.4) is 0 Å². The first-order valence-corrected chi connectivity index (χ1v) is 5.88. The Hall–Kier alpha value is -1.88. The molecule has 0 amide bonds. The Morgan fingerprint density at radius 2 is 2.22 bits per heavy atom. The SMILES string of the molecule is COc1ccc(C(=O)CNC2=[NH+]CCOC2)cc1. The molecule has 0 saturated carbocycles. The number of ether oxygens (including phenoxy) is 2. The van der Waals surface area contributed by atoms with Gasteiger partial charge in [0.2, 0.25) is 5.78 Å². The fourth-order valence-electron chi connectivity index (χ4n) is 1.68. The van der Waals surface area contributed by atoms with Crippen molar-refractivity contribution < 1.29 is 19.3 Å². The number of methoxy groups -OCH3 is 1. The number of hydrogen-bond donors (Lipinski definition) is 2. The summed E-state index contributed by atoms with van der Waals surface area (Å²) < 4.78 is 10.3. The second kappa shape index (κ2) is 6.16. The molecule has 1 aromatic rings. The number of carbonyl (C=O) groups excluding carboxylic acids is 1. The van der Waals surface area contributed by atoms with E-state index >= 15 is 0 Å². The Morgan fingerprint density at radius 3 is 2.83 bits per heavy atom. The second-order valence-corrected chi connectivity index (χ2v) is 3.96. The first-order valence-electron chi connectivity index (χ1n) is 5.88. The van der Waals surface area contributed by atoms with Crippen molar-refractivity contribution in [3.8, 4) is 5.75 Å². The third-order valence-corrected chi connectivity index (χ3v) is 2.71. The maximum Gasteiger partial charge on any atom is 0.269 e. The van der Waals surface area contributed by atoms with Crippen LogP contribution < -0.4 is 15.0 Å². The lowest BCUT2D eigenvalue weighted by Crippen LogP contribution is -2.80. The van der Waals surface area contributed by atoms with E-state index in [9.17, 15) is 4.79 Å². The molecule has 96 valence electrons. The van der Waals surface area contributed by atoms with Gasteiger partial charge >= 0.3 is 0 Å². The van der Waals surface area contributed by atoms with Gasteiger partial charge < -0.3 is 9.47 Å². The van der Waals surface area contributed by atoms with E-state index in [1.54, 1.807) is 31.4 Å². The summed E-state index contributed by atoms with van der Waals surface area (Å²) in [6.07, 6.45) is 0. The molecule has 2 rings (SSSR count). The van der Waals surface area contributed by atoms with Gasteiger partial charge in [-0.1, -0.05) is 0 Å². The molecule has 0 aromatic heterocycles. The molecule has 1 aliphatic heterocycles. The van der Waals surface area contributed by atoms with Gasteiger partial charge in [0, 0.05) is 5.56 Å². The first-order chi connectivity index (χ1) is 8.79. The number of rotatable bonds is 4. The standard InChI is InChI=1S/C13H16N2O3/c1-17-11-4-2-10(3-5-11)12(16)8-15-13-9-18-7-6-14-13/h2-5H,6-9H2,1H3,(H,14,15)/p+1. The zero-order valence-electron chi connectivity index (χ0n) is 10.4. The van der Waals surface area contributed by atoms with Gasteiger partial charge in [-0.25, -0.2) is 0 Å². The summed E-state index contributed by atoms with van der Waals surface area (Å²) in [5, 5.41) is 3.05. The monoisotopic (exact) mass is 249 g/mol. The van der Waals surface area contributed by atoms with E-state index in [-0.39, 0.29) is 12.3 Å². The number of ketones is 1. The molecule has 5 nitrogen and oxygen atoms in total. The lowest BCUT2D eigenvalue weighted by molar-refractivity contribution is -0.474. The largest absolute Gasteiger partial charge is 0.497 e. The predicted molar refractivity (Wildman–Crippen MR) is 67.0 cm³/mol. The minimum Gasteiger partial charge on any atom is -0.497 e. The minimum atomic E-state index is 0.0394. The van der Waals surface area contributed by atoms with Crippen LogP contribution in [-0.4, -0.2) is 45.0 Å². The quantitative estimate of drug-likeness (QED) is 0.670. The molecule has 2 N–H and O–H groups in total. The molecular weight excluding hydrogens is 232 g/mol. The van der Waals surface area contributed by atoms with E-state index in [1.807, 2.05) is 0 Å². The highest BCUT2D eigenvalue weighted by Gasteiger charge is 2.14. The molecule has 1 aliphatic rings. The zero-order chi connectivity index (χ0) is 12.8. The van der Waals surface area contributed by atoms with Crippen LogP contribution in [0.5, 0.6) is 5.75 Å². The molecule has 0 unspecified atom stereocenters. The number of amidine groups is 1. The maximum absolute atomic E-state index is 11.9. The summed E-state index contributed by atoms with van der Waals surface area (Å²) in [5.41, 5.74) is 0.667. The van der Waals surface area contributed by atoms with Gasteiger partial charge in [0.05, 0.1) is 13.7 Å². The lowest BCUT2D eigenvalue weighted by Gasteiger charge is -2.08. The van der Waals surface area contributed by atoms with Gasteiger partial charge in [-0.15, -0.1) is 0 Å². The van der Waals surface area contributed by atoms with Gasteiger partial charge in [0.1, 0.15) is 25.4 Å². The van der Waals surface area contributed by atoms with Crippen molar-refractivity contribution in [3.05, 3.63) is 29.8 Å². The van der Waals surface area contributed by atoms with Crippen LogP contribution in [0.15, 0.2) is 24.3 Å². The van der Waals surface area contributed by atoms with Gasteiger partial charge in [-0.05, 0) is 24.3 Å². The third kappa shape index (κ3) is 3.30. The van der Waals surface area contributed by atoms with Crippen molar-refractivity contribution in [1.29, 1.82) is 0 Å². The first kappa shape index (κ1) is 12.6. The second-order valence-electron chi connectivity index (χ2n) is 3.96. The fraction of sp³-hybridized carbons (Fsp3) is 0.385. The van der Waals surface area contributed by atoms with E-state index < -0.39 is 0 Å². The number of benzene rings is 1. The molecule has 0 aliphatic carbocycles. The summed E-state index contributed by atoms with van der Waals surface area (Å²) in [5.74, 6) is 1.65. The molecule has 0 bridgehead atoms. The van der Waals surface area contributed by atoms with Crippen LogP contribution in [0.1, 0.15) is 10.4 Å². The molecule has 0 saturated heterocycles. The Labute approximate surface area is 106 Å². The molecule has 0 radical (unpaired) electrons. The predicted octanol–water partition coefficient (Wildman–Crippen LogP) is -1.02. The Morgan fingerprint density at radius 1 is 1.44 bits per heavy atom. The molecule has 5 heteroatoms. The van der Waals surface area contributed by atoms with E-state index in [4.69, 9.17) is 9.47 Å². The van der Waals surface area contributed by atoms with E-state index in [0.717, 1.165) is 18.1 Å². The number of carbonyl (C=O) groups is 1. The fourth-order valence-corrected chi connectivity index (χ4v) is 1.68. The molecule has 0 spiro atoms. The van der Waals surface area contributed by atoms with Gasteiger partial charge in [-0.3, -0.25) is 15.1 Å². The molecule has 18 heavy (non-hydrogen) atoms.